The van der Waals surface area contributed by atoms with Crippen molar-refractivity contribution in [2.24, 2.45) is 0 Å². The van der Waals surface area contributed by atoms with Crippen molar-refractivity contribution in [3.63, 3.8) is 0 Å². The molecule has 2 aromatic carbocycles. The van der Waals surface area contributed by atoms with E-state index >= 15 is 0 Å². The zero-order valence-corrected chi connectivity index (χ0v) is 15.8. The monoisotopic (exact) mass is 385 g/mol. The molecular weight excluding hydrogens is 366 g/mol. The van der Waals surface area contributed by atoms with Crippen LogP contribution in [0.25, 0.3) is 0 Å². The molecule has 1 aliphatic rings. The van der Waals surface area contributed by atoms with E-state index < -0.39 is 23.4 Å². The molecule has 1 heterocycles. The van der Waals surface area contributed by atoms with Crippen LogP contribution in [-0.4, -0.2) is 29.3 Å². The molecule has 2 atom stereocenters. The van der Waals surface area contributed by atoms with Crippen LogP contribution in [0.1, 0.15) is 31.0 Å². The van der Waals surface area contributed by atoms with Crippen molar-refractivity contribution < 1.29 is 14.4 Å². The second-order valence-electron chi connectivity index (χ2n) is 6.66. The van der Waals surface area contributed by atoms with Gasteiger partial charge in [0.2, 0.25) is 5.91 Å². The molecule has 0 saturated carbocycles. The number of halogens is 1. The van der Waals surface area contributed by atoms with Gasteiger partial charge in [0.1, 0.15) is 12.1 Å². The van der Waals surface area contributed by atoms with Gasteiger partial charge in [-0.25, -0.2) is 4.79 Å². The zero-order valence-electron chi connectivity index (χ0n) is 15.0. The largest absolute Gasteiger partial charge is 0.348 e. The van der Waals surface area contributed by atoms with Gasteiger partial charge in [0.15, 0.2) is 0 Å². The molecule has 1 fully saturated rings. The Hall–Kier alpha value is -2.86. The lowest BCUT2D eigenvalue weighted by Gasteiger charge is -2.22. The van der Waals surface area contributed by atoms with Crippen LogP contribution in [0.2, 0.25) is 5.02 Å². The summed E-state index contributed by atoms with van der Waals surface area (Å²) < 4.78 is 0. The number of urea groups is 1. The van der Waals surface area contributed by atoms with Crippen LogP contribution >= 0.6 is 11.6 Å². The number of rotatable bonds is 5. The molecule has 7 heteroatoms. The quantitative estimate of drug-likeness (QED) is 0.776. The maximum absolute atomic E-state index is 12.8. The Morgan fingerprint density at radius 3 is 2.56 bits per heavy atom. The summed E-state index contributed by atoms with van der Waals surface area (Å²) in [5.74, 6) is -0.882. The Labute approximate surface area is 162 Å². The highest BCUT2D eigenvalue weighted by Gasteiger charge is 2.49. The summed E-state index contributed by atoms with van der Waals surface area (Å²) >= 11 is 5.97. The number of hydrogen-bond donors (Lipinski definition) is 2. The average molecular weight is 386 g/mol. The minimum Gasteiger partial charge on any atom is -0.348 e. The summed E-state index contributed by atoms with van der Waals surface area (Å²) in [5.41, 5.74) is 0.317. The zero-order chi connectivity index (χ0) is 19.6. The number of nitrogens with zero attached hydrogens (tertiary/aromatic N) is 1. The predicted octanol–water partition coefficient (Wildman–Crippen LogP) is 2.98. The number of amides is 4. The molecule has 6 nitrogen and oxygen atoms in total. The Bertz CT molecular complexity index is 887. The van der Waals surface area contributed by atoms with Gasteiger partial charge in [-0.1, -0.05) is 54.1 Å². The first-order chi connectivity index (χ1) is 12.8. The molecule has 140 valence electrons. The summed E-state index contributed by atoms with van der Waals surface area (Å²) in [4.78, 5) is 38.5. The summed E-state index contributed by atoms with van der Waals surface area (Å²) in [6.07, 6.45) is 0. The van der Waals surface area contributed by atoms with Crippen molar-refractivity contribution in [1.82, 2.24) is 15.5 Å². The third-order valence-corrected chi connectivity index (χ3v) is 4.89. The maximum Gasteiger partial charge on any atom is 0.325 e. The lowest BCUT2D eigenvalue weighted by Crippen LogP contribution is -2.43. The van der Waals surface area contributed by atoms with Crippen LogP contribution in [0.5, 0.6) is 0 Å². The van der Waals surface area contributed by atoms with Crippen molar-refractivity contribution in [3.05, 3.63) is 70.7 Å². The third-order valence-electron chi connectivity index (χ3n) is 4.65. The van der Waals surface area contributed by atoms with E-state index in [2.05, 4.69) is 10.6 Å². The van der Waals surface area contributed by atoms with E-state index in [-0.39, 0.29) is 12.6 Å². The minimum atomic E-state index is -1.18. The van der Waals surface area contributed by atoms with Gasteiger partial charge in [0.05, 0.1) is 6.04 Å². The molecule has 0 aromatic heterocycles. The standard InChI is InChI=1S/C20H20ClN3O3/c1-13(14-7-6-10-16(21)11-14)22-17(25)12-24-18(26)20(2,23-19(24)27)15-8-4-3-5-9-15/h3-11,13H,12H2,1-2H3,(H,22,25)(H,23,27)/t13-,20-/m0/s1. The molecule has 4 amide bonds. The van der Waals surface area contributed by atoms with Gasteiger partial charge < -0.3 is 10.6 Å². The van der Waals surface area contributed by atoms with Gasteiger partial charge in [-0.15, -0.1) is 0 Å². The van der Waals surface area contributed by atoms with Crippen LogP contribution < -0.4 is 10.6 Å². The van der Waals surface area contributed by atoms with Crippen molar-refractivity contribution >= 4 is 29.4 Å². The molecule has 0 radical (unpaired) electrons. The molecular formula is C20H20ClN3O3. The molecule has 2 aromatic rings. The number of imide groups is 1. The first-order valence-corrected chi connectivity index (χ1v) is 8.93. The highest BCUT2D eigenvalue weighted by molar-refractivity contribution is 6.30. The first-order valence-electron chi connectivity index (χ1n) is 8.56. The minimum absolute atomic E-state index is 0.308. The van der Waals surface area contributed by atoms with Gasteiger partial charge in [0, 0.05) is 5.02 Å². The Morgan fingerprint density at radius 2 is 1.89 bits per heavy atom. The second kappa shape index (κ2) is 7.40. The summed E-state index contributed by atoms with van der Waals surface area (Å²) in [5, 5.41) is 6.04. The fourth-order valence-electron chi connectivity index (χ4n) is 3.10. The highest BCUT2D eigenvalue weighted by atomic mass is 35.5. The summed E-state index contributed by atoms with van der Waals surface area (Å²) in [7, 11) is 0. The first kappa shape index (κ1) is 18.9. The molecule has 27 heavy (non-hydrogen) atoms. The maximum atomic E-state index is 12.8. The number of hydrogen-bond acceptors (Lipinski definition) is 3. The van der Waals surface area contributed by atoms with E-state index in [9.17, 15) is 14.4 Å². The van der Waals surface area contributed by atoms with E-state index in [0.29, 0.717) is 10.6 Å². The lowest BCUT2D eigenvalue weighted by atomic mass is 9.92. The van der Waals surface area contributed by atoms with Gasteiger partial charge in [-0.2, -0.15) is 0 Å². The highest BCUT2D eigenvalue weighted by Crippen LogP contribution is 2.28. The van der Waals surface area contributed by atoms with Gasteiger partial charge in [-0.05, 0) is 37.1 Å². The van der Waals surface area contributed by atoms with Crippen LogP contribution in [0, 0.1) is 0 Å². The van der Waals surface area contributed by atoms with Crippen LogP contribution in [-0.2, 0) is 15.1 Å². The third kappa shape index (κ3) is 3.80. The average Bonchev–Trinajstić information content (AvgIpc) is 2.86. The second-order valence-corrected chi connectivity index (χ2v) is 7.09. The van der Waals surface area contributed by atoms with Crippen molar-refractivity contribution in [1.29, 1.82) is 0 Å². The number of carbonyl (C=O) groups is 3. The molecule has 1 saturated heterocycles. The smallest absolute Gasteiger partial charge is 0.325 e. The molecule has 2 N–H and O–H groups in total. The molecule has 3 rings (SSSR count). The molecule has 0 bridgehead atoms. The Morgan fingerprint density at radius 1 is 1.19 bits per heavy atom. The van der Waals surface area contributed by atoms with Crippen LogP contribution in [0.15, 0.2) is 54.6 Å². The summed E-state index contributed by atoms with van der Waals surface area (Å²) in [6.45, 7) is 3.09. The predicted molar refractivity (Wildman–Crippen MR) is 102 cm³/mol. The van der Waals surface area contributed by atoms with E-state index in [1.807, 2.05) is 19.1 Å². The molecule has 1 aliphatic heterocycles. The molecule has 0 spiro atoms. The van der Waals surface area contributed by atoms with Gasteiger partial charge in [-0.3, -0.25) is 14.5 Å². The number of nitrogens with one attached hydrogen (secondary N) is 2. The topological polar surface area (TPSA) is 78.5 Å². The Balaban J connectivity index is 1.69. The Kier molecular flexibility index (Phi) is 5.19. The van der Waals surface area contributed by atoms with E-state index in [0.717, 1.165) is 10.5 Å². The van der Waals surface area contributed by atoms with E-state index in [1.165, 1.54) is 0 Å². The van der Waals surface area contributed by atoms with E-state index in [1.54, 1.807) is 49.4 Å². The van der Waals surface area contributed by atoms with E-state index in [4.69, 9.17) is 11.6 Å². The summed E-state index contributed by atoms with van der Waals surface area (Å²) in [6, 6.07) is 15.2. The number of benzene rings is 2. The van der Waals surface area contributed by atoms with Crippen molar-refractivity contribution in [3.8, 4) is 0 Å². The van der Waals surface area contributed by atoms with Gasteiger partial charge in [0.25, 0.3) is 5.91 Å². The number of carbonyl (C=O) groups excluding carboxylic acids is 3. The fourth-order valence-corrected chi connectivity index (χ4v) is 3.30. The van der Waals surface area contributed by atoms with Crippen molar-refractivity contribution in [2.45, 2.75) is 25.4 Å². The van der Waals surface area contributed by atoms with Gasteiger partial charge >= 0.3 is 6.03 Å². The van der Waals surface area contributed by atoms with Crippen LogP contribution in [0.4, 0.5) is 4.79 Å². The molecule has 0 unspecified atom stereocenters. The normalized spacial score (nSPS) is 20.3. The lowest BCUT2D eigenvalue weighted by molar-refractivity contribution is -0.135. The molecule has 0 aliphatic carbocycles. The SMILES string of the molecule is C[C@H](NC(=O)CN1C(=O)N[C@@](C)(c2ccccc2)C1=O)c1cccc(Cl)c1. The van der Waals surface area contributed by atoms with Crippen LogP contribution in [0.3, 0.4) is 0 Å². The van der Waals surface area contributed by atoms with Crippen molar-refractivity contribution in [2.75, 3.05) is 6.54 Å². The fraction of sp³-hybridized carbons (Fsp3) is 0.250.